The molecule has 0 radical (unpaired) electrons. The first-order valence-electron chi connectivity index (χ1n) is 10.1. The van der Waals surface area contributed by atoms with Crippen molar-refractivity contribution in [2.24, 2.45) is 0 Å². The van der Waals surface area contributed by atoms with Gasteiger partial charge in [0.25, 0.3) is 5.91 Å². The van der Waals surface area contributed by atoms with Crippen molar-refractivity contribution in [3.63, 3.8) is 0 Å². The lowest BCUT2D eigenvalue weighted by atomic mass is 10.0. The van der Waals surface area contributed by atoms with Crippen LogP contribution in [-0.4, -0.2) is 47.8 Å². The van der Waals surface area contributed by atoms with Gasteiger partial charge in [-0.1, -0.05) is 30.3 Å². The number of rotatable bonds is 6. The van der Waals surface area contributed by atoms with Gasteiger partial charge in [-0.25, -0.2) is 4.39 Å². The van der Waals surface area contributed by atoms with E-state index in [9.17, 15) is 18.8 Å². The molecule has 2 N–H and O–H groups in total. The number of nitrogens with one attached hydrogen (secondary N) is 2. The van der Waals surface area contributed by atoms with Crippen molar-refractivity contribution in [3.05, 3.63) is 71.5 Å². The molecule has 1 fully saturated rings. The summed E-state index contributed by atoms with van der Waals surface area (Å²) in [5, 5.41) is 5.66. The lowest BCUT2D eigenvalue weighted by Gasteiger charge is -2.33. The van der Waals surface area contributed by atoms with Crippen LogP contribution in [0.5, 0.6) is 0 Å². The van der Waals surface area contributed by atoms with Gasteiger partial charge in [-0.2, -0.15) is 0 Å². The Balaban J connectivity index is 1.55. The van der Waals surface area contributed by atoms with Crippen molar-refractivity contribution in [2.75, 3.05) is 13.1 Å². The third-order valence-electron chi connectivity index (χ3n) is 5.20. The van der Waals surface area contributed by atoms with Gasteiger partial charge in [0.15, 0.2) is 0 Å². The first-order valence-corrected chi connectivity index (χ1v) is 10.1. The second-order valence-electron chi connectivity index (χ2n) is 7.52. The molecule has 1 aliphatic heterocycles. The molecule has 6 nitrogen and oxygen atoms in total. The number of piperidine rings is 1. The van der Waals surface area contributed by atoms with Crippen molar-refractivity contribution in [3.8, 4) is 0 Å². The van der Waals surface area contributed by atoms with Crippen molar-refractivity contribution in [1.29, 1.82) is 0 Å². The van der Waals surface area contributed by atoms with Crippen LogP contribution in [0.15, 0.2) is 54.6 Å². The Kier molecular flexibility index (Phi) is 7.17. The highest BCUT2D eigenvalue weighted by Crippen LogP contribution is 2.15. The molecule has 0 bridgehead atoms. The monoisotopic (exact) mass is 411 g/mol. The Morgan fingerprint density at radius 1 is 1.03 bits per heavy atom. The smallest absolute Gasteiger partial charge is 0.253 e. The van der Waals surface area contributed by atoms with Crippen molar-refractivity contribution >= 4 is 17.7 Å². The van der Waals surface area contributed by atoms with E-state index in [4.69, 9.17) is 0 Å². The Morgan fingerprint density at radius 3 is 2.27 bits per heavy atom. The summed E-state index contributed by atoms with van der Waals surface area (Å²) >= 11 is 0. The molecule has 2 aromatic carbocycles. The Hall–Kier alpha value is -3.22. The van der Waals surface area contributed by atoms with Gasteiger partial charge in [0, 0.05) is 38.0 Å². The molecule has 0 aliphatic carbocycles. The number of likely N-dealkylation sites (tertiary alicyclic amines) is 1. The average Bonchev–Trinajstić information content (AvgIpc) is 2.75. The average molecular weight is 411 g/mol. The van der Waals surface area contributed by atoms with Gasteiger partial charge in [0.2, 0.25) is 11.8 Å². The topological polar surface area (TPSA) is 78.5 Å². The molecule has 3 amide bonds. The van der Waals surface area contributed by atoms with E-state index < -0.39 is 6.04 Å². The van der Waals surface area contributed by atoms with Crippen LogP contribution in [-0.2, 0) is 16.0 Å². The van der Waals surface area contributed by atoms with E-state index in [1.807, 2.05) is 18.2 Å². The fraction of sp³-hybridized carbons (Fsp3) is 0.348. The Bertz CT molecular complexity index is 878. The number of nitrogens with zero attached hydrogens (tertiary/aromatic N) is 1. The predicted octanol–water partition coefficient (Wildman–Crippen LogP) is 2.29. The number of benzene rings is 2. The van der Waals surface area contributed by atoms with Crippen LogP contribution < -0.4 is 10.6 Å². The quantitative estimate of drug-likeness (QED) is 0.766. The highest BCUT2D eigenvalue weighted by Gasteiger charge is 2.27. The van der Waals surface area contributed by atoms with E-state index in [0.717, 1.165) is 5.56 Å². The standard InChI is InChI=1S/C23H26FN3O3/c1-16(28)25-21(15-17-7-9-19(24)10-8-17)22(29)26-20-11-13-27(14-12-20)23(30)18-5-3-2-4-6-18/h2-10,20-21H,11-15H2,1H3,(H,25,28)(H,26,29)/t21-/m1/s1. The van der Waals surface area contributed by atoms with E-state index in [0.29, 0.717) is 31.5 Å². The van der Waals surface area contributed by atoms with Gasteiger partial charge < -0.3 is 15.5 Å². The second kappa shape index (κ2) is 10.0. The summed E-state index contributed by atoms with van der Waals surface area (Å²) in [4.78, 5) is 38.7. The summed E-state index contributed by atoms with van der Waals surface area (Å²) in [5.74, 6) is -0.938. The summed E-state index contributed by atoms with van der Waals surface area (Å²) in [6.07, 6.45) is 1.57. The van der Waals surface area contributed by atoms with E-state index in [2.05, 4.69) is 10.6 Å². The normalized spacial score (nSPS) is 15.3. The minimum Gasteiger partial charge on any atom is -0.351 e. The Morgan fingerprint density at radius 2 is 1.67 bits per heavy atom. The van der Waals surface area contributed by atoms with Gasteiger partial charge in [-0.3, -0.25) is 14.4 Å². The largest absolute Gasteiger partial charge is 0.351 e. The third kappa shape index (κ3) is 5.89. The molecule has 30 heavy (non-hydrogen) atoms. The highest BCUT2D eigenvalue weighted by atomic mass is 19.1. The maximum atomic E-state index is 13.1. The first kappa shape index (κ1) is 21.5. The molecular weight excluding hydrogens is 385 g/mol. The van der Waals surface area contributed by atoms with Crippen LogP contribution >= 0.6 is 0 Å². The lowest BCUT2D eigenvalue weighted by molar-refractivity contribution is -0.128. The number of hydrogen-bond acceptors (Lipinski definition) is 3. The molecule has 0 spiro atoms. The maximum Gasteiger partial charge on any atom is 0.253 e. The van der Waals surface area contributed by atoms with Crippen LogP contribution in [0.3, 0.4) is 0 Å². The number of carbonyl (C=O) groups is 3. The van der Waals surface area contributed by atoms with Crippen molar-refractivity contribution in [2.45, 2.75) is 38.3 Å². The first-order chi connectivity index (χ1) is 14.4. The molecule has 158 valence electrons. The summed E-state index contributed by atoms with van der Waals surface area (Å²) in [6, 6.07) is 14.2. The number of hydrogen-bond donors (Lipinski definition) is 2. The van der Waals surface area contributed by atoms with Gasteiger partial charge >= 0.3 is 0 Å². The number of carbonyl (C=O) groups excluding carboxylic acids is 3. The number of halogens is 1. The van der Waals surface area contributed by atoms with Crippen LogP contribution in [0.2, 0.25) is 0 Å². The summed E-state index contributed by atoms with van der Waals surface area (Å²) in [7, 11) is 0. The fourth-order valence-corrected chi connectivity index (χ4v) is 3.60. The summed E-state index contributed by atoms with van der Waals surface area (Å²) < 4.78 is 13.1. The molecule has 1 atom stereocenters. The Labute approximate surface area is 175 Å². The second-order valence-corrected chi connectivity index (χ2v) is 7.52. The molecule has 1 heterocycles. The van der Waals surface area contributed by atoms with Crippen molar-refractivity contribution in [1.82, 2.24) is 15.5 Å². The van der Waals surface area contributed by atoms with Gasteiger partial charge in [0.1, 0.15) is 11.9 Å². The molecule has 1 aliphatic rings. The fourth-order valence-electron chi connectivity index (χ4n) is 3.60. The summed E-state index contributed by atoms with van der Waals surface area (Å²) in [5.41, 5.74) is 1.42. The maximum absolute atomic E-state index is 13.1. The van der Waals surface area contributed by atoms with Crippen LogP contribution in [0, 0.1) is 5.82 Å². The molecule has 0 saturated carbocycles. The molecule has 7 heteroatoms. The van der Waals surface area contributed by atoms with Gasteiger partial charge in [-0.15, -0.1) is 0 Å². The van der Waals surface area contributed by atoms with Gasteiger partial charge in [-0.05, 0) is 42.7 Å². The zero-order valence-electron chi connectivity index (χ0n) is 16.9. The molecule has 0 aromatic heterocycles. The SMILES string of the molecule is CC(=O)N[C@H](Cc1ccc(F)cc1)C(=O)NC1CCN(C(=O)c2ccccc2)CC1. The van der Waals surface area contributed by atoms with Crippen molar-refractivity contribution < 1.29 is 18.8 Å². The molecular formula is C23H26FN3O3. The minimum atomic E-state index is -0.739. The zero-order valence-corrected chi connectivity index (χ0v) is 16.9. The molecule has 2 aromatic rings. The highest BCUT2D eigenvalue weighted by molar-refractivity contribution is 5.94. The number of amides is 3. The van der Waals surface area contributed by atoms with E-state index in [1.54, 1.807) is 29.2 Å². The lowest BCUT2D eigenvalue weighted by Crippen LogP contribution is -2.53. The van der Waals surface area contributed by atoms with E-state index in [-0.39, 0.29) is 36.0 Å². The third-order valence-corrected chi connectivity index (χ3v) is 5.20. The van der Waals surface area contributed by atoms with E-state index in [1.165, 1.54) is 19.1 Å². The minimum absolute atomic E-state index is 0.00666. The van der Waals surface area contributed by atoms with Crippen LogP contribution in [0.25, 0.3) is 0 Å². The summed E-state index contributed by atoms with van der Waals surface area (Å²) in [6.45, 7) is 2.47. The predicted molar refractivity (Wildman–Crippen MR) is 111 cm³/mol. The van der Waals surface area contributed by atoms with E-state index >= 15 is 0 Å². The van der Waals surface area contributed by atoms with Gasteiger partial charge in [0.05, 0.1) is 0 Å². The molecule has 0 unspecified atom stereocenters. The molecule has 1 saturated heterocycles. The van der Waals surface area contributed by atoms with Crippen LogP contribution in [0.4, 0.5) is 4.39 Å². The zero-order chi connectivity index (χ0) is 21.5. The molecule has 3 rings (SSSR count). The van der Waals surface area contributed by atoms with Crippen LogP contribution in [0.1, 0.15) is 35.7 Å².